The van der Waals surface area contributed by atoms with E-state index in [9.17, 15) is 52.4 Å². The molecule has 6 aromatic carbocycles. The van der Waals surface area contributed by atoms with Gasteiger partial charge in [-0.25, -0.2) is 16.8 Å². The SMILES string of the molecule is COc1ccc(C(=O)Nc2ccc(/C=C/c3ccc(NC(=O)c4ccc(OC)c(S(=O)(=O)N5CCNCC5c5ccccc5)c4)cc3S(=O)(=O)O)c(S(=O)(=O)O)c2)cc1S(=O)(=O)N1CCNCC1c1ccccc1. The monoisotopic (exact) mass is 1090 g/mol. The van der Waals surface area contributed by atoms with Crippen LogP contribution in [-0.4, -0.2) is 117 Å². The molecule has 0 aromatic heterocycles. The first kappa shape index (κ1) is 53.5. The zero-order valence-electron chi connectivity index (χ0n) is 39.6. The van der Waals surface area contributed by atoms with E-state index in [1.165, 1.54) is 71.4 Å². The van der Waals surface area contributed by atoms with Crippen LogP contribution in [0.15, 0.2) is 153 Å². The Balaban J connectivity index is 1.02. The maximum atomic E-state index is 14.3. The van der Waals surface area contributed by atoms with Gasteiger partial charge in [0.2, 0.25) is 20.0 Å². The fourth-order valence-corrected chi connectivity index (χ4v) is 13.7. The first-order chi connectivity index (χ1) is 35.2. The van der Waals surface area contributed by atoms with Crippen LogP contribution in [0.4, 0.5) is 11.4 Å². The van der Waals surface area contributed by atoms with Gasteiger partial charge in [0.15, 0.2) is 0 Å². The quantitative estimate of drug-likeness (QED) is 0.0512. The molecule has 20 nitrogen and oxygen atoms in total. The molecule has 0 saturated carbocycles. The van der Waals surface area contributed by atoms with Gasteiger partial charge in [0.05, 0.1) is 26.3 Å². The molecule has 24 heteroatoms. The van der Waals surface area contributed by atoms with E-state index in [4.69, 9.17) is 9.47 Å². The fourth-order valence-electron chi connectivity index (χ4n) is 8.69. The summed E-state index contributed by atoms with van der Waals surface area (Å²) in [4.78, 5) is 25.4. The highest BCUT2D eigenvalue weighted by Gasteiger charge is 2.38. The van der Waals surface area contributed by atoms with Crippen LogP contribution >= 0.6 is 0 Å². The lowest BCUT2D eigenvalue weighted by molar-refractivity contribution is 0.101. The van der Waals surface area contributed by atoms with Crippen LogP contribution in [0, 0.1) is 0 Å². The molecule has 0 aliphatic carbocycles. The van der Waals surface area contributed by atoms with Crippen LogP contribution in [0.5, 0.6) is 11.5 Å². The molecule has 8 rings (SSSR count). The highest BCUT2D eigenvalue weighted by atomic mass is 32.2. The number of nitrogens with zero attached hydrogens (tertiary/aromatic N) is 2. The van der Waals surface area contributed by atoms with E-state index < -0.39 is 74.0 Å². The summed E-state index contributed by atoms with van der Waals surface area (Å²) in [5.41, 5.74) is 0.609. The Kier molecular flexibility index (Phi) is 15.8. The normalized spacial score (nSPS) is 17.1. The number of anilines is 2. The molecule has 2 unspecified atom stereocenters. The predicted molar refractivity (Wildman–Crippen MR) is 275 cm³/mol. The summed E-state index contributed by atoms with van der Waals surface area (Å²) >= 11 is 0. The summed E-state index contributed by atoms with van der Waals surface area (Å²) in [5.74, 6) is -1.73. The summed E-state index contributed by atoms with van der Waals surface area (Å²) < 4.78 is 142. The first-order valence-corrected chi connectivity index (χ1v) is 28.4. The number of benzene rings is 6. The van der Waals surface area contributed by atoms with Crippen molar-refractivity contribution in [3.05, 3.63) is 167 Å². The van der Waals surface area contributed by atoms with Gasteiger partial charge in [-0.2, -0.15) is 25.4 Å². The molecular formula is C50H50N6O14S4. The summed E-state index contributed by atoms with van der Waals surface area (Å²) in [7, 11) is -16.0. The number of sulfonamides is 2. The van der Waals surface area contributed by atoms with E-state index in [0.29, 0.717) is 26.2 Å². The second-order valence-corrected chi connectivity index (χ2v) is 23.4. The van der Waals surface area contributed by atoms with Crippen LogP contribution in [0.25, 0.3) is 12.2 Å². The number of amides is 2. The molecule has 2 heterocycles. The second kappa shape index (κ2) is 21.9. The van der Waals surface area contributed by atoms with E-state index in [0.717, 1.165) is 47.5 Å². The molecule has 74 heavy (non-hydrogen) atoms. The highest BCUT2D eigenvalue weighted by molar-refractivity contribution is 7.89. The number of methoxy groups -OCH3 is 2. The van der Waals surface area contributed by atoms with Gasteiger partial charge in [-0.1, -0.05) is 84.9 Å². The van der Waals surface area contributed by atoms with Crippen molar-refractivity contribution in [1.82, 2.24) is 19.2 Å². The van der Waals surface area contributed by atoms with Crippen LogP contribution in [0.3, 0.4) is 0 Å². The number of carbonyl (C=O) groups is 2. The van der Waals surface area contributed by atoms with Crippen molar-refractivity contribution < 1.29 is 61.8 Å². The molecule has 6 N–H and O–H groups in total. The van der Waals surface area contributed by atoms with Crippen molar-refractivity contribution in [3.8, 4) is 11.5 Å². The molecule has 6 aromatic rings. The number of piperazine rings is 2. The smallest absolute Gasteiger partial charge is 0.295 e. The Morgan fingerprint density at radius 1 is 0.527 bits per heavy atom. The Morgan fingerprint density at radius 3 is 1.26 bits per heavy atom. The molecule has 0 radical (unpaired) electrons. The minimum absolute atomic E-state index is 0.0190. The maximum Gasteiger partial charge on any atom is 0.295 e. The standard InChI is InChI=1S/C50H50N6O14S4/c1-69-43-21-17-37(27-47(43)71(59,60)55-25-23-51-31-41(55)33-9-5-3-6-10-33)49(57)53-39-19-15-35(45(29-39)73(63,64)65)13-14-36-16-20-40(30-46(36)74(66,67)68)54-50(58)38-18-22-44(70-2)48(28-38)72(61,62)56-26-24-52-32-42(56)34-11-7-4-8-12-34/h3-22,27-30,41-42,51-52H,23-26,31-32H2,1-2H3,(H,53,57)(H,54,58)(H,63,64,65)(H,66,67,68)/b14-13+. The Labute approximate surface area is 428 Å². The average molecular weight is 1090 g/mol. The minimum atomic E-state index is -5.04. The number of hydrogen-bond acceptors (Lipinski definition) is 14. The minimum Gasteiger partial charge on any atom is -0.495 e. The third kappa shape index (κ3) is 11.6. The summed E-state index contributed by atoms with van der Waals surface area (Å²) in [5, 5.41) is 11.5. The van der Waals surface area contributed by atoms with Gasteiger partial charge in [-0.05, 0) is 82.9 Å². The van der Waals surface area contributed by atoms with Gasteiger partial charge in [0, 0.05) is 61.8 Å². The molecule has 0 bridgehead atoms. The number of hydrogen-bond donors (Lipinski definition) is 6. The molecule has 2 saturated heterocycles. The average Bonchev–Trinajstić information content (AvgIpc) is 3.40. The predicted octanol–water partition coefficient (Wildman–Crippen LogP) is 5.54. The van der Waals surface area contributed by atoms with Crippen LogP contribution in [0.2, 0.25) is 0 Å². The summed E-state index contributed by atoms with van der Waals surface area (Å²) in [6.45, 7) is 1.67. The van der Waals surface area contributed by atoms with E-state index in [1.807, 2.05) is 36.4 Å². The van der Waals surface area contributed by atoms with Crippen LogP contribution in [0.1, 0.15) is 55.1 Å². The number of rotatable bonds is 16. The van der Waals surface area contributed by atoms with Crippen molar-refractivity contribution >= 4 is 75.6 Å². The van der Waals surface area contributed by atoms with Gasteiger partial charge < -0.3 is 30.7 Å². The molecule has 0 spiro atoms. The third-order valence-electron chi connectivity index (χ3n) is 12.3. The van der Waals surface area contributed by atoms with E-state index in [2.05, 4.69) is 21.3 Å². The van der Waals surface area contributed by atoms with Crippen molar-refractivity contribution in [3.63, 3.8) is 0 Å². The number of ether oxygens (including phenoxy) is 2. The van der Waals surface area contributed by atoms with Gasteiger partial charge in [-0.15, -0.1) is 0 Å². The molecule has 2 amide bonds. The fraction of sp³-hybridized carbons (Fsp3) is 0.200. The lowest BCUT2D eigenvalue weighted by Gasteiger charge is -2.35. The molecule has 2 aliphatic rings. The molecule has 2 fully saturated rings. The molecule has 2 aliphatic heterocycles. The highest BCUT2D eigenvalue weighted by Crippen LogP contribution is 2.36. The van der Waals surface area contributed by atoms with Gasteiger partial charge in [0.1, 0.15) is 31.1 Å². The lowest BCUT2D eigenvalue weighted by atomic mass is 10.1. The summed E-state index contributed by atoms with van der Waals surface area (Å²) in [6, 6.07) is 31.4. The molecule has 2 atom stereocenters. The Hall–Kier alpha value is -6.84. The topological polar surface area (TPSA) is 284 Å². The molecule has 388 valence electrons. The second-order valence-electron chi connectivity index (χ2n) is 16.9. The summed E-state index contributed by atoms with van der Waals surface area (Å²) in [6.07, 6.45) is 2.24. The largest absolute Gasteiger partial charge is 0.495 e. The van der Waals surface area contributed by atoms with Crippen molar-refractivity contribution in [1.29, 1.82) is 0 Å². The Bertz CT molecular complexity index is 3370. The van der Waals surface area contributed by atoms with Gasteiger partial charge in [-0.3, -0.25) is 18.7 Å². The number of nitrogens with one attached hydrogen (secondary N) is 4. The van der Waals surface area contributed by atoms with E-state index in [1.54, 1.807) is 24.3 Å². The van der Waals surface area contributed by atoms with E-state index >= 15 is 0 Å². The Morgan fingerprint density at radius 2 is 0.905 bits per heavy atom. The van der Waals surface area contributed by atoms with Crippen molar-refractivity contribution in [2.45, 2.75) is 31.7 Å². The van der Waals surface area contributed by atoms with Crippen LogP contribution in [-0.2, 0) is 40.3 Å². The van der Waals surface area contributed by atoms with Gasteiger partial charge in [0.25, 0.3) is 32.1 Å². The first-order valence-electron chi connectivity index (χ1n) is 22.7. The van der Waals surface area contributed by atoms with Crippen LogP contribution < -0.4 is 30.7 Å². The number of carbonyl (C=O) groups excluding carboxylic acids is 2. The zero-order chi connectivity index (χ0) is 53.0. The molecular weight excluding hydrogens is 1040 g/mol. The lowest BCUT2D eigenvalue weighted by Crippen LogP contribution is -2.48. The van der Waals surface area contributed by atoms with E-state index in [-0.39, 0.29) is 68.0 Å². The zero-order valence-corrected chi connectivity index (χ0v) is 42.8. The van der Waals surface area contributed by atoms with Crippen molar-refractivity contribution in [2.75, 3.05) is 64.1 Å². The maximum absolute atomic E-state index is 14.3. The van der Waals surface area contributed by atoms with Crippen molar-refractivity contribution in [2.24, 2.45) is 0 Å². The van der Waals surface area contributed by atoms with Gasteiger partial charge >= 0.3 is 0 Å². The third-order valence-corrected chi connectivity index (χ3v) is 18.0.